The van der Waals surface area contributed by atoms with E-state index in [-0.39, 0.29) is 29.1 Å². The van der Waals surface area contributed by atoms with E-state index in [0.717, 1.165) is 5.56 Å². The van der Waals surface area contributed by atoms with Crippen LogP contribution in [-0.4, -0.2) is 63.2 Å². The lowest BCUT2D eigenvalue weighted by atomic mass is 10.1. The van der Waals surface area contributed by atoms with E-state index in [1.807, 2.05) is 30.3 Å². The number of likely N-dealkylation sites (N-methyl/N-ethyl adjacent to an activating group) is 1. The van der Waals surface area contributed by atoms with Gasteiger partial charge in [-0.2, -0.15) is 0 Å². The van der Waals surface area contributed by atoms with E-state index in [2.05, 4.69) is 5.32 Å². The molecular formula is C24H31N2O6+. The Bertz CT molecular complexity index is 972. The number of nitrogens with zero attached hydrogens (tertiary/aromatic N) is 1. The Morgan fingerprint density at radius 3 is 2.31 bits per heavy atom. The summed E-state index contributed by atoms with van der Waals surface area (Å²) in [6.07, 6.45) is 0. The van der Waals surface area contributed by atoms with Crippen molar-refractivity contribution in [3.63, 3.8) is 0 Å². The number of rotatable bonds is 9. The van der Waals surface area contributed by atoms with Gasteiger partial charge in [-0.05, 0) is 37.1 Å². The predicted octanol–water partition coefficient (Wildman–Crippen LogP) is 2.94. The van der Waals surface area contributed by atoms with E-state index in [1.165, 1.54) is 20.3 Å². The molecule has 0 aliphatic rings. The van der Waals surface area contributed by atoms with E-state index in [9.17, 15) is 14.4 Å². The van der Waals surface area contributed by atoms with Crippen LogP contribution < -0.4 is 10.1 Å². The van der Waals surface area contributed by atoms with Gasteiger partial charge in [0.1, 0.15) is 12.4 Å². The zero-order valence-electron chi connectivity index (χ0n) is 19.4. The third-order valence-electron chi connectivity index (χ3n) is 5.41. The molecule has 8 heteroatoms. The molecule has 0 saturated heterocycles. The zero-order chi connectivity index (χ0) is 23.9. The fourth-order valence-corrected chi connectivity index (χ4v) is 3.11. The van der Waals surface area contributed by atoms with Crippen LogP contribution in [0.2, 0.25) is 0 Å². The van der Waals surface area contributed by atoms with Crippen LogP contribution in [0.1, 0.15) is 28.4 Å². The molecule has 1 N–H and O–H groups in total. The fourth-order valence-electron chi connectivity index (χ4n) is 3.11. The lowest BCUT2D eigenvalue weighted by Gasteiger charge is -2.34. The summed E-state index contributed by atoms with van der Waals surface area (Å²) in [5.74, 6) is -0.863. The topological polar surface area (TPSA) is 90.9 Å². The van der Waals surface area contributed by atoms with Gasteiger partial charge in [0.2, 0.25) is 0 Å². The summed E-state index contributed by atoms with van der Waals surface area (Å²) in [4.78, 5) is 37.7. The van der Waals surface area contributed by atoms with Crippen LogP contribution in [0.25, 0.3) is 0 Å². The molecule has 32 heavy (non-hydrogen) atoms. The van der Waals surface area contributed by atoms with Crippen LogP contribution in [0.15, 0.2) is 42.5 Å². The molecule has 2 rings (SSSR count). The molecule has 1 unspecified atom stereocenters. The largest absolute Gasteiger partial charge is 0.497 e. The Kier molecular flexibility index (Phi) is 8.37. The quantitative estimate of drug-likeness (QED) is 0.473. The maximum atomic E-state index is 13.0. The minimum absolute atomic E-state index is 0.00682. The van der Waals surface area contributed by atoms with Crippen molar-refractivity contribution in [3.8, 4) is 5.75 Å². The van der Waals surface area contributed by atoms with Crippen molar-refractivity contribution in [3.05, 3.63) is 59.2 Å². The van der Waals surface area contributed by atoms with Crippen molar-refractivity contribution in [2.24, 2.45) is 0 Å². The number of nitrogens with one attached hydrogen (secondary N) is 1. The van der Waals surface area contributed by atoms with Crippen LogP contribution in [0, 0.1) is 6.92 Å². The summed E-state index contributed by atoms with van der Waals surface area (Å²) in [6.45, 7) is 3.66. The first-order chi connectivity index (χ1) is 15.1. The number of esters is 2. The number of benzene rings is 2. The lowest BCUT2D eigenvalue weighted by molar-refractivity contribution is -0.896. The smallest absolute Gasteiger partial charge is 0.362 e. The Hall–Kier alpha value is -3.39. The maximum Gasteiger partial charge on any atom is 0.362 e. The maximum absolute atomic E-state index is 13.0. The molecule has 1 amide bonds. The Morgan fingerprint density at radius 1 is 1.06 bits per heavy atom. The first-order valence-corrected chi connectivity index (χ1v) is 10.2. The van der Waals surface area contributed by atoms with Crippen LogP contribution in [-0.2, 0) is 25.7 Å². The summed E-state index contributed by atoms with van der Waals surface area (Å²) in [5, 5.41) is 2.82. The van der Waals surface area contributed by atoms with Crippen molar-refractivity contribution >= 4 is 23.5 Å². The number of aryl methyl sites for hydroxylation is 1. The van der Waals surface area contributed by atoms with Gasteiger partial charge in [0.15, 0.2) is 12.6 Å². The summed E-state index contributed by atoms with van der Waals surface area (Å²) in [6, 6.07) is 12.0. The SMILES string of the molecule is COC(=O)c1cc(OC)cc(C)c1NC(=O)C(C)[N+](C)(C)CC(=O)OCc1ccccc1. The fraction of sp³-hybridized carbons (Fsp3) is 0.375. The highest BCUT2D eigenvalue weighted by molar-refractivity contribution is 6.03. The normalized spacial score (nSPS) is 11.9. The molecule has 2 aromatic rings. The number of anilines is 1. The number of ether oxygens (including phenoxy) is 3. The highest BCUT2D eigenvalue weighted by Crippen LogP contribution is 2.28. The average molecular weight is 444 g/mol. The molecule has 2 aromatic carbocycles. The van der Waals surface area contributed by atoms with E-state index in [0.29, 0.717) is 17.0 Å². The molecule has 8 nitrogen and oxygen atoms in total. The highest BCUT2D eigenvalue weighted by Gasteiger charge is 2.34. The third-order valence-corrected chi connectivity index (χ3v) is 5.41. The van der Waals surface area contributed by atoms with E-state index < -0.39 is 18.0 Å². The van der Waals surface area contributed by atoms with E-state index in [4.69, 9.17) is 14.2 Å². The Morgan fingerprint density at radius 2 is 1.72 bits per heavy atom. The van der Waals surface area contributed by atoms with Gasteiger partial charge in [-0.1, -0.05) is 30.3 Å². The predicted molar refractivity (Wildman–Crippen MR) is 120 cm³/mol. The van der Waals surface area contributed by atoms with Gasteiger partial charge < -0.3 is 24.0 Å². The van der Waals surface area contributed by atoms with Gasteiger partial charge in [0.05, 0.1) is 39.6 Å². The van der Waals surface area contributed by atoms with Crippen LogP contribution in [0.5, 0.6) is 5.75 Å². The monoisotopic (exact) mass is 443 g/mol. The van der Waals surface area contributed by atoms with E-state index in [1.54, 1.807) is 34.0 Å². The van der Waals surface area contributed by atoms with E-state index >= 15 is 0 Å². The first-order valence-electron chi connectivity index (χ1n) is 10.2. The summed E-state index contributed by atoms with van der Waals surface area (Å²) in [7, 11) is 6.31. The molecule has 0 fully saturated rings. The first kappa shape index (κ1) is 24.9. The third kappa shape index (κ3) is 6.31. The zero-order valence-corrected chi connectivity index (χ0v) is 19.4. The number of hydrogen-bond donors (Lipinski definition) is 1. The van der Waals surface area contributed by atoms with Gasteiger partial charge >= 0.3 is 11.9 Å². The van der Waals surface area contributed by atoms with Crippen molar-refractivity contribution in [2.45, 2.75) is 26.5 Å². The minimum Gasteiger partial charge on any atom is -0.497 e. The standard InChI is InChI=1S/C24H30N2O6/c1-16-12-19(30-5)13-20(24(29)31-6)22(16)25-23(28)17(2)26(3,4)14-21(27)32-15-18-10-8-7-9-11-18/h7-13,17H,14-15H2,1-6H3/p+1. The second kappa shape index (κ2) is 10.8. The molecule has 0 saturated carbocycles. The van der Waals surface area contributed by atoms with Crippen molar-refractivity contribution in [1.82, 2.24) is 0 Å². The summed E-state index contributed by atoms with van der Waals surface area (Å²) in [5.41, 5.74) is 2.08. The molecule has 0 spiro atoms. The number of quaternary nitrogens is 1. The summed E-state index contributed by atoms with van der Waals surface area (Å²) >= 11 is 0. The molecule has 0 bridgehead atoms. The second-order valence-corrected chi connectivity index (χ2v) is 8.11. The van der Waals surface area contributed by atoms with Gasteiger partial charge in [-0.3, -0.25) is 4.79 Å². The molecular weight excluding hydrogens is 412 g/mol. The van der Waals surface area contributed by atoms with Gasteiger partial charge in [-0.25, -0.2) is 9.59 Å². The molecule has 172 valence electrons. The number of carbonyl (C=O) groups is 3. The molecule has 0 heterocycles. The molecule has 1 atom stereocenters. The lowest BCUT2D eigenvalue weighted by Crippen LogP contribution is -2.55. The van der Waals surface area contributed by atoms with Crippen molar-refractivity contribution in [1.29, 1.82) is 0 Å². The van der Waals surface area contributed by atoms with Gasteiger partial charge in [-0.15, -0.1) is 0 Å². The number of hydrogen-bond acceptors (Lipinski definition) is 6. The van der Waals surface area contributed by atoms with Gasteiger partial charge in [0.25, 0.3) is 5.91 Å². The van der Waals surface area contributed by atoms with Crippen LogP contribution in [0.3, 0.4) is 0 Å². The van der Waals surface area contributed by atoms with Crippen molar-refractivity contribution < 1.29 is 33.1 Å². The van der Waals surface area contributed by atoms with Crippen molar-refractivity contribution in [2.75, 3.05) is 40.2 Å². The van der Waals surface area contributed by atoms with Gasteiger partial charge in [0, 0.05) is 0 Å². The molecule has 0 aliphatic heterocycles. The summed E-state index contributed by atoms with van der Waals surface area (Å²) < 4.78 is 15.5. The molecule has 0 radical (unpaired) electrons. The molecule has 0 aliphatic carbocycles. The highest BCUT2D eigenvalue weighted by atomic mass is 16.5. The Balaban J connectivity index is 2.10. The molecule has 0 aromatic heterocycles. The average Bonchev–Trinajstić information content (AvgIpc) is 2.77. The Labute approximate surface area is 188 Å². The second-order valence-electron chi connectivity index (χ2n) is 8.11. The number of methoxy groups -OCH3 is 2. The number of amides is 1. The van der Waals surface area contributed by atoms with Crippen LogP contribution >= 0.6 is 0 Å². The van der Waals surface area contributed by atoms with Crippen LogP contribution in [0.4, 0.5) is 5.69 Å². The minimum atomic E-state index is -0.605. The number of carbonyl (C=O) groups excluding carboxylic acids is 3.